The van der Waals surface area contributed by atoms with Crippen LogP contribution in [-0.2, 0) is 11.3 Å². The SMILES string of the molecule is CCNC(=O)COc1ccc(CNC(=O)c2cccc(C(=O)O)c2)cc1OC. The fourth-order valence-electron chi connectivity index (χ4n) is 2.41. The Hall–Kier alpha value is -3.55. The lowest BCUT2D eigenvalue weighted by Gasteiger charge is -2.12. The first-order valence-electron chi connectivity index (χ1n) is 8.62. The summed E-state index contributed by atoms with van der Waals surface area (Å²) >= 11 is 0. The lowest BCUT2D eigenvalue weighted by atomic mass is 10.1. The van der Waals surface area contributed by atoms with Crippen molar-refractivity contribution in [3.05, 3.63) is 59.2 Å². The highest BCUT2D eigenvalue weighted by molar-refractivity contribution is 5.97. The number of carbonyl (C=O) groups is 3. The molecule has 0 bridgehead atoms. The summed E-state index contributed by atoms with van der Waals surface area (Å²) in [6, 6.07) is 10.9. The number of methoxy groups -OCH3 is 1. The number of carboxylic acids is 1. The van der Waals surface area contributed by atoms with E-state index in [1.807, 2.05) is 6.92 Å². The van der Waals surface area contributed by atoms with Gasteiger partial charge < -0.3 is 25.2 Å². The third-order valence-electron chi connectivity index (χ3n) is 3.79. The molecule has 0 atom stereocenters. The molecule has 2 aromatic rings. The van der Waals surface area contributed by atoms with Crippen LogP contribution in [-0.4, -0.2) is 43.2 Å². The van der Waals surface area contributed by atoms with Crippen LogP contribution >= 0.6 is 0 Å². The molecule has 0 fully saturated rings. The second kappa shape index (κ2) is 9.96. The molecule has 0 saturated carbocycles. The van der Waals surface area contributed by atoms with Crippen LogP contribution in [0, 0.1) is 0 Å². The number of hydrogen-bond acceptors (Lipinski definition) is 5. The van der Waals surface area contributed by atoms with Crippen LogP contribution in [0.4, 0.5) is 0 Å². The van der Waals surface area contributed by atoms with E-state index in [0.29, 0.717) is 18.0 Å². The number of carboxylic acid groups (broad SMARTS) is 1. The Kier molecular flexibility index (Phi) is 7.38. The molecule has 28 heavy (non-hydrogen) atoms. The minimum atomic E-state index is -1.09. The highest BCUT2D eigenvalue weighted by Crippen LogP contribution is 2.28. The quantitative estimate of drug-likeness (QED) is 0.606. The van der Waals surface area contributed by atoms with Gasteiger partial charge in [-0.15, -0.1) is 0 Å². The number of ether oxygens (including phenoxy) is 2. The van der Waals surface area contributed by atoms with Crippen molar-refractivity contribution in [3.8, 4) is 11.5 Å². The maximum Gasteiger partial charge on any atom is 0.335 e. The van der Waals surface area contributed by atoms with Crippen LogP contribution in [0.1, 0.15) is 33.2 Å². The molecule has 2 rings (SSSR count). The zero-order valence-electron chi connectivity index (χ0n) is 15.7. The number of aromatic carboxylic acids is 1. The second-order valence-electron chi connectivity index (χ2n) is 5.80. The molecule has 8 heteroatoms. The van der Waals surface area contributed by atoms with Crippen molar-refractivity contribution < 1.29 is 29.0 Å². The third kappa shape index (κ3) is 5.73. The zero-order chi connectivity index (χ0) is 20.5. The van der Waals surface area contributed by atoms with Crippen molar-refractivity contribution >= 4 is 17.8 Å². The molecule has 0 aliphatic rings. The van der Waals surface area contributed by atoms with E-state index >= 15 is 0 Å². The van der Waals surface area contributed by atoms with Gasteiger partial charge in [0.25, 0.3) is 11.8 Å². The number of nitrogens with one attached hydrogen (secondary N) is 2. The van der Waals surface area contributed by atoms with Gasteiger partial charge in [-0.2, -0.15) is 0 Å². The Balaban J connectivity index is 2.00. The van der Waals surface area contributed by atoms with Crippen LogP contribution in [0.15, 0.2) is 42.5 Å². The van der Waals surface area contributed by atoms with Crippen molar-refractivity contribution in [1.82, 2.24) is 10.6 Å². The lowest BCUT2D eigenvalue weighted by molar-refractivity contribution is -0.123. The molecule has 8 nitrogen and oxygen atoms in total. The number of likely N-dealkylation sites (N-methyl/N-ethyl adjacent to an activating group) is 1. The summed E-state index contributed by atoms with van der Waals surface area (Å²) in [6.45, 7) is 2.43. The molecule has 2 aromatic carbocycles. The van der Waals surface area contributed by atoms with Gasteiger partial charge in [-0.1, -0.05) is 12.1 Å². The number of carbonyl (C=O) groups excluding carboxylic acids is 2. The Morgan fingerprint density at radius 1 is 1.00 bits per heavy atom. The zero-order valence-corrected chi connectivity index (χ0v) is 15.7. The van der Waals surface area contributed by atoms with E-state index in [4.69, 9.17) is 14.6 Å². The Morgan fingerprint density at radius 2 is 1.75 bits per heavy atom. The summed E-state index contributed by atoms with van der Waals surface area (Å²) in [5.74, 6) is -0.868. The van der Waals surface area contributed by atoms with E-state index in [9.17, 15) is 14.4 Å². The van der Waals surface area contributed by atoms with Crippen LogP contribution in [0.3, 0.4) is 0 Å². The minimum absolute atomic E-state index is 0.0444. The maximum absolute atomic E-state index is 12.2. The molecule has 0 saturated heterocycles. The lowest BCUT2D eigenvalue weighted by Crippen LogP contribution is -2.28. The van der Waals surface area contributed by atoms with Gasteiger partial charge in [-0.3, -0.25) is 9.59 Å². The molecule has 148 valence electrons. The van der Waals surface area contributed by atoms with Crippen molar-refractivity contribution in [1.29, 1.82) is 0 Å². The summed E-state index contributed by atoms with van der Waals surface area (Å²) in [4.78, 5) is 34.8. The van der Waals surface area contributed by atoms with Crippen molar-refractivity contribution in [2.45, 2.75) is 13.5 Å². The van der Waals surface area contributed by atoms with Crippen molar-refractivity contribution in [3.63, 3.8) is 0 Å². The largest absolute Gasteiger partial charge is 0.493 e. The van der Waals surface area contributed by atoms with E-state index < -0.39 is 11.9 Å². The van der Waals surface area contributed by atoms with E-state index in [1.165, 1.54) is 25.3 Å². The van der Waals surface area contributed by atoms with E-state index in [-0.39, 0.29) is 30.2 Å². The molecule has 0 radical (unpaired) electrons. The molecule has 0 aliphatic carbocycles. The highest BCUT2D eigenvalue weighted by atomic mass is 16.5. The van der Waals surface area contributed by atoms with Gasteiger partial charge in [0.15, 0.2) is 18.1 Å². The fraction of sp³-hybridized carbons (Fsp3) is 0.250. The van der Waals surface area contributed by atoms with Gasteiger partial charge in [-0.05, 0) is 42.8 Å². The molecule has 0 unspecified atom stereocenters. The first-order chi connectivity index (χ1) is 13.4. The molecule has 0 spiro atoms. The normalized spacial score (nSPS) is 10.1. The highest BCUT2D eigenvalue weighted by Gasteiger charge is 2.11. The van der Waals surface area contributed by atoms with Crippen LogP contribution in [0.2, 0.25) is 0 Å². The number of hydrogen-bond donors (Lipinski definition) is 3. The van der Waals surface area contributed by atoms with Crippen molar-refractivity contribution in [2.24, 2.45) is 0 Å². The van der Waals surface area contributed by atoms with Gasteiger partial charge in [0.2, 0.25) is 0 Å². The molecule has 0 aliphatic heterocycles. The van der Waals surface area contributed by atoms with Gasteiger partial charge in [0, 0.05) is 18.7 Å². The average molecular weight is 386 g/mol. The average Bonchev–Trinajstić information content (AvgIpc) is 2.70. The third-order valence-corrected chi connectivity index (χ3v) is 3.79. The van der Waals surface area contributed by atoms with Gasteiger partial charge in [-0.25, -0.2) is 4.79 Å². The molecular weight excluding hydrogens is 364 g/mol. The first-order valence-corrected chi connectivity index (χ1v) is 8.62. The Morgan fingerprint density at radius 3 is 2.43 bits per heavy atom. The number of rotatable bonds is 9. The predicted molar refractivity (Wildman–Crippen MR) is 102 cm³/mol. The predicted octanol–water partition coefficient (Wildman–Crippen LogP) is 1.84. The minimum Gasteiger partial charge on any atom is -0.493 e. The summed E-state index contributed by atoms with van der Waals surface area (Å²) in [7, 11) is 1.48. The summed E-state index contributed by atoms with van der Waals surface area (Å²) in [6.07, 6.45) is 0. The monoisotopic (exact) mass is 386 g/mol. The molecule has 2 amide bonds. The molecular formula is C20H22N2O6. The van der Waals surface area contributed by atoms with E-state index in [0.717, 1.165) is 5.56 Å². The van der Waals surface area contributed by atoms with Gasteiger partial charge in [0.05, 0.1) is 12.7 Å². The molecule has 0 aromatic heterocycles. The second-order valence-corrected chi connectivity index (χ2v) is 5.80. The summed E-state index contributed by atoms with van der Waals surface area (Å²) in [5, 5.41) is 14.4. The van der Waals surface area contributed by atoms with E-state index in [1.54, 1.807) is 24.3 Å². The van der Waals surface area contributed by atoms with Crippen LogP contribution in [0.25, 0.3) is 0 Å². The first kappa shape index (κ1) is 20.8. The fourth-order valence-corrected chi connectivity index (χ4v) is 2.41. The van der Waals surface area contributed by atoms with Gasteiger partial charge >= 0.3 is 5.97 Å². The smallest absolute Gasteiger partial charge is 0.335 e. The maximum atomic E-state index is 12.2. The standard InChI is InChI=1S/C20H22N2O6/c1-3-21-18(23)12-28-16-8-7-13(9-17(16)27-2)11-22-19(24)14-5-4-6-15(10-14)20(25)26/h4-10H,3,11-12H2,1-2H3,(H,21,23)(H,22,24)(H,25,26). The van der Waals surface area contributed by atoms with Crippen LogP contribution < -0.4 is 20.1 Å². The summed E-state index contributed by atoms with van der Waals surface area (Å²) < 4.78 is 10.7. The van der Waals surface area contributed by atoms with E-state index in [2.05, 4.69) is 10.6 Å². The number of amides is 2. The van der Waals surface area contributed by atoms with Crippen LogP contribution in [0.5, 0.6) is 11.5 Å². The van der Waals surface area contributed by atoms with Crippen molar-refractivity contribution in [2.75, 3.05) is 20.3 Å². The summed E-state index contributed by atoms with van der Waals surface area (Å²) in [5.41, 5.74) is 1.06. The Labute approximate surface area is 162 Å². The Bertz CT molecular complexity index is 866. The molecule has 3 N–H and O–H groups in total. The van der Waals surface area contributed by atoms with Gasteiger partial charge in [0.1, 0.15) is 0 Å². The topological polar surface area (TPSA) is 114 Å². The number of benzene rings is 2. The molecule has 0 heterocycles.